The number of carbonyl (C=O) groups excluding carboxylic acids is 1. The van der Waals surface area contributed by atoms with Gasteiger partial charge < -0.3 is 9.64 Å². The van der Waals surface area contributed by atoms with E-state index in [-0.39, 0.29) is 12.1 Å². The van der Waals surface area contributed by atoms with E-state index in [1.807, 2.05) is 34.6 Å². The Morgan fingerprint density at radius 3 is 2.47 bits per heavy atom. The van der Waals surface area contributed by atoms with Crippen LogP contribution in [0.15, 0.2) is 0 Å². The van der Waals surface area contributed by atoms with Gasteiger partial charge in [0.15, 0.2) is 0 Å². The summed E-state index contributed by atoms with van der Waals surface area (Å²) in [6.07, 6.45) is 1.76. The monoisotopic (exact) mass is 240 g/mol. The van der Waals surface area contributed by atoms with Crippen LogP contribution < -0.4 is 0 Å². The molecule has 0 aliphatic carbocycles. The minimum absolute atomic E-state index is 0.142. The second kappa shape index (κ2) is 7.16. The van der Waals surface area contributed by atoms with Crippen LogP contribution in [0.4, 0.5) is 4.79 Å². The molecule has 0 rings (SSSR count). The maximum atomic E-state index is 12.0. The van der Waals surface area contributed by atoms with Crippen LogP contribution in [0.3, 0.4) is 0 Å². The van der Waals surface area contributed by atoms with E-state index >= 15 is 0 Å². The van der Waals surface area contributed by atoms with E-state index < -0.39 is 5.60 Å². The lowest BCUT2D eigenvalue weighted by Gasteiger charge is -2.31. The average molecular weight is 240 g/mol. The second-order valence-electron chi connectivity index (χ2n) is 5.19. The van der Waals surface area contributed by atoms with Crippen LogP contribution in [0.2, 0.25) is 0 Å². The summed E-state index contributed by atoms with van der Waals surface area (Å²) in [5.41, 5.74) is -0.474. The zero-order chi connectivity index (χ0) is 13.5. The lowest BCUT2D eigenvalue weighted by molar-refractivity contribution is 0.0171. The zero-order valence-electron chi connectivity index (χ0n) is 11.6. The number of carbonyl (C=O) groups is 1. The van der Waals surface area contributed by atoms with E-state index in [1.165, 1.54) is 0 Å². The first-order chi connectivity index (χ1) is 7.81. The van der Waals surface area contributed by atoms with Gasteiger partial charge in [0.2, 0.25) is 0 Å². The van der Waals surface area contributed by atoms with Gasteiger partial charge in [-0.15, -0.1) is 0 Å². The summed E-state index contributed by atoms with van der Waals surface area (Å²) in [5.74, 6) is 0. The number of ether oxygens (including phenoxy) is 1. The Hall–Kier alpha value is -1.24. The van der Waals surface area contributed by atoms with Crippen molar-refractivity contribution in [3.05, 3.63) is 0 Å². The fourth-order valence-corrected chi connectivity index (χ4v) is 1.36. The third-order valence-corrected chi connectivity index (χ3v) is 2.44. The van der Waals surface area contributed by atoms with Crippen LogP contribution in [-0.2, 0) is 4.74 Å². The van der Waals surface area contributed by atoms with Crippen molar-refractivity contribution in [2.75, 3.05) is 6.54 Å². The minimum Gasteiger partial charge on any atom is -0.444 e. The van der Waals surface area contributed by atoms with E-state index in [1.54, 1.807) is 4.90 Å². The van der Waals surface area contributed by atoms with Crippen molar-refractivity contribution < 1.29 is 9.53 Å². The molecular weight excluding hydrogens is 216 g/mol. The van der Waals surface area contributed by atoms with Gasteiger partial charge in [-0.3, -0.25) is 0 Å². The summed E-state index contributed by atoms with van der Waals surface area (Å²) in [5, 5.41) is 8.52. The van der Waals surface area contributed by atoms with Crippen LogP contribution in [0.25, 0.3) is 0 Å². The molecule has 0 aromatic heterocycles. The van der Waals surface area contributed by atoms with Crippen LogP contribution in [0.5, 0.6) is 0 Å². The second-order valence-corrected chi connectivity index (χ2v) is 5.19. The lowest BCUT2D eigenvalue weighted by atomic mass is 10.2. The number of hydrogen-bond acceptors (Lipinski definition) is 3. The standard InChI is InChI=1S/C13H24N2O2/c1-6-11(2)15(10-8-7-9-14)12(16)17-13(3,4)5/h11H,6-8,10H2,1-5H3. The van der Waals surface area contributed by atoms with E-state index in [0.717, 1.165) is 6.42 Å². The van der Waals surface area contributed by atoms with Gasteiger partial charge in [-0.25, -0.2) is 4.79 Å². The number of hydrogen-bond donors (Lipinski definition) is 0. The van der Waals surface area contributed by atoms with Crippen LogP contribution in [-0.4, -0.2) is 29.2 Å². The van der Waals surface area contributed by atoms with E-state index in [4.69, 9.17) is 10.00 Å². The quantitative estimate of drug-likeness (QED) is 0.693. The third kappa shape index (κ3) is 6.83. The van der Waals surface area contributed by atoms with Gasteiger partial charge in [-0.05, 0) is 40.5 Å². The molecule has 4 heteroatoms. The van der Waals surface area contributed by atoms with Gasteiger partial charge in [-0.1, -0.05) is 6.92 Å². The van der Waals surface area contributed by atoms with E-state index in [2.05, 4.69) is 6.07 Å². The lowest BCUT2D eigenvalue weighted by Crippen LogP contribution is -2.42. The molecule has 0 bridgehead atoms. The molecule has 0 spiro atoms. The maximum absolute atomic E-state index is 12.0. The molecule has 0 aromatic carbocycles. The normalized spacial score (nSPS) is 12.7. The Bertz CT molecular complexity index is 276. The van der Waals surface area contributed by atoms with Crippen molar-refractivity contribution in [2.45, 2.75) is 65.5 Å². The van der Waals surface area contributed by atoms with Crippen LogP contribution in [0, 0.1) is 11.3 Å². The highest BCUT2D eigenvalue weighted by Gasteiger charge is 2.24. The summed E-state index contributed by atoms with van der Waals surface area (Å²) in [4.78, 5) is 13.7. The molecule has 1 amide bonds. The summed E-state index contributed by atoms with van der Waals surface area (Å²) < 4.78 is 5.36. The van der Waals surface area contributed by atoms with Gasteiger partial charge in [0.25, 0.3) is 0 Å². The van der Waals surface area contributed by atoms with Gasteiger partial charge in [0.05, 0.1) is 6.07 Å². The minimum atomic E-state index is -0.474. The van der Waals surface area contributed by atoms with Crippen molar-refractivity contribution in [1.29, 1.82) is 5.26 Å². The molecule has 0 N–H and O–H groups in total. The first-order valence-corrected chi connectivity index (χ1v) is 6.18. The summed E-state index contributed by atoms with van der Waals surface area (Å²) >= 11 is 0. The van der Waals surface area contributed by atoms with Crippen molar-refractivity contribution >= 4 is 6.09 Å². The molecule has 0 saturated heterocycles. The number of nitrogens with zero attached hydrogens (tertiary/aromatic N) is 2. The molecule has 1 atom stereocenters. The SMILES string of the molecule is CCC(C)N(CCCC#N)C(=O)OC(C)(C)C. The third-order valence-electron chi connectivity index (χ3n) is 2.44. The Balaban J connectivity index is 4.46. The first-order valence-electron chi connectivity index (χ1n) is 6.18. The summed E-state index contributed by atoms with van der Waals surface area (Å²) in [6.45, 7) is 10.2. The fourth-order valence-electron chi connectivity index (χ4n) is 1.36. The predicted molar refractivity (Wildman–Crippen MR) is 67.5 cm³/mol. The Kier molecular flexibility index (Phi) is 6.64. The Labute approximate surface area is 105 Å². The zero-order valence-corrected chi connectivity index (χ0v) is 11.6. The van der Waals surface area contributed by atoms with Crippen LogP contribution in [0.1, 0.15) is 53.9 Å². The van der Waals surface area contributed by atoms with E-state index in [9.17, 15) is 4.79 Å². The Morgan fingerprint density at radius 2 is 2.06 bits per heavy atom. The van der Waals surface area contributed by atoms with Gasteiger partial charge in [-0.2, -0.15) is 5.26 Å². The first kappa shape index (κ1) is 15.8. The Morgan fingerprint density at radius 1 is 1.47 bits per heavy atom. The highest BCUT2D eigenvalue weighted by atomic mass is 16.6. The molecule has 0 radical (unpaired) electrons. The van der Waals surface area contributed by atoms with E-state index in [0.29, 0.717) is 19.4 Å². The molecule has 0 saturated carbocycles. The molecule has 1 unspecified atom stereocenters. The summed E-state index contributed by atoms with van der Waals surface area (Å²) in [6, 6.07) is 2.23. The van der Waals surface area contributed by atoms with Crippen LogP contribution >= 0.6 is 0 Å². The topological polar surface area (TPSA) is 53.3 Å². The smallest absolute Gasteiger partial charge is 0.410 e. The van der Waals surface area contributed by atoms with Crippen molar-refractivity contribution in [3.8, 4) is 6.07 Å². The number of nitriles is 1. The number of unbranched alkanes of at least 4 members (excludes halogenated alkanes) is 1. The molecule has 0 fully saturated rings. The van der Waals surface area contributed by atoms with Crippen molar-refractivity contribution in [1.82, 2.24) is 4.90 Å². The highest BCUT2D eigenvalue weighted by Crippen LogP contribution is 2.14. The number of amides is 1. The molecule has 0 aromatic rings. The molecule has 0 heterocycles. The number of rotatable bonds is 5. The summed E-state index contributed by atoms with van der Waals surface area (Å²) in [7, 11) is 0. The molecular formula is C13H24N2O2. The predicted octanol–water partition coefficient (Wildman–Crippen LogP) is 3.33. The van der Waals surface area contributed by atoms with Gasteiger partial charge in [0, 0.05) is 19.0 Å². The highest BCUT2D eigenvalue weighted by molar-refractivity contribution is 5.68. The fraction of sp³-hybridized carbons (Fsp3) is 0.846. The van der Waals surface area contributed by atoms with Crippen molar-refractivity contribution in [2.24, 2.45) is 0 Å². The molecule has 0 aliphatic heterocycles. The largest absolute Gasteiger partial charge is 0.444 e. The average Bonchev–Trinajstić information content (AvgIpc) is 2.20. The molecule has 98 valence electrons. The molecule has 17 heavy (non-hydrogen) atoms. The molecule has 4 nitrogen and oxygen atoms in total. The van der Waals surface area contributed by atoms with Crippen molar-refractivity contribution in [3.63, 3.8) is 0 Å². The maximum Gasteiger partial charge on any atom is 0.410 e. The van der Waals surface area contributed by atoms with Gasteiger partial charge in [0.1, 0.15) is 5.60 Å². The molecule has 0 aliphatic rings. The van der Waals surface area contributed by atoms with Gasteiger partial charge >= 0.3 is 6.09 Å².